The first-order chi connectivity index (χ1) is 5.30. The summed E-state index contributed by atoms with van der Waals surface area (Å²) in [5.74, 6) is -2.91. The lowest BCUT2D eigenvalue weighted by atomic mass is 10.0. The molecule has 0 spiro atoms. The van der Waals surface area contributed by atoms with Crippen molar-refractivity contribution in [3.05, 3.63) is 0 Å². The Hall–Kier alpha value is -1.22. The van der Waals surface area contributed by atoms with Gasteiger partial charge in [-0.25, -0.2) is 0 Å². The van der Waals surface area contributed by atoms with E-state index < -0.39 is 24.1 Å². The van der Waals surface area contributed by atoms with Crippen LogP contribution in [0.2, 0.25) is 0 Å². The molecule has 0 saturated heterocycles. The number of hydrogen-bond acceptors (Lipinski definition) is 2. The van der Waals surface area contributed by atoms with Crippen LogP contribution in [0.5, 0.6) is 0 Å². The number of halogens is 3. The summed E-state index contributed by atoms with van der Waals surface area (Å²) in [6, 6.07) is -2.10. The highest BCUT2D eigenvalue weighted by molar-refractivity contribution is 5.74. The molecule has 0 rings (SSSR count). The van der Waals surface area contributed by atoms with Gasteiger partial charge < -0.3 is 10.8 Å². The van der Waals surface area contributed by atoms with Crippen molar-refractivity contribution in [2.24, 2.45) is 11.7 Å². The predicted molar refractivity (Wildman–Crippen MR) is 34.0 cm³/mol. The number of carboxylic acid groups (broad SMARTS) is 1. The molecule has 3 N–H and O–H groups in total. The third-order valence-corrected chi connectivity index (χ3v) is 1.18. The summed E-state index contributed by atoms with van der Waals surface area (Å²) in [5, 5.41) is 8.13. The lowest BCUT2D eigenvalue weighted by Gasteiger charge is -2.17. The number of carboxylic acids is 1. The van der Waals surface area contributed by atoms with E-state index in [1.54, 1.807) is 0 Å². The summed E-state index contributed by atoms with van der Waals surface area (Å²) in [7, 11) is 0. The fraction of sp³-hybridized carbons (Fsp3) is 0.500. The minimum absolute atomic E-state index is 1.29. The summed E-state index contributed by atoms with van der Waals surface area (Å²) in [5.41, 5.74) is 4.70. The Labute approximate surface area is 66.4 Å². The highest BCUT2D eigenvalue weighted by atomic mass is 19.4. The van der Waals surface area contributed by atoms with Gasteiger partial charge in [-0.15, -0.1) is 6.42 Å². The van der Waals surface area contributed by atoms with E-state index in [4.69, 9.17) is 10.8 Å². The monoisotopic (exact) mass is 181 g/mol. The van der Waals surface area contributed by atoms with Crippen LogP contribution in [0.3, 0.4) is 0 Å². The van der Waals surface area contributed by atoms with Gasteiger partial charge in [0.15, 0.2) is 0 Å². The van der Waals surface area contributed by atoms with E-state index in [9.17, 15) is 18.0 Å². The zero-order chi connectivity index (χ0) is 9.94. The van der Waals surface area contributed by atoms with Gasteiger partial charge >= 0.3 is 12.1 Å². The zero-order valence-corrected chi connectivity index (χ0v) is 5.80. The molecule has 2 atom stereocenters. The van der Waals surface area contributed by atoms with E-state index in [2.05, 4.69) is 6.42 Å². The average molecular weight is 181 g/mol. The Morgan fingerprint density at radius 1 is 1.58 bits per heavy atom. The SMILES string of the molecule is C#C[C@@H]([C@H](N)C(=O)O)C(F)(F)F. The third kappa shape index (κ3) is 2.43. The van der Waals surface area contributed by atoms with E-state index >= 15 is 0 Å². The molecule has 0 aromatic carbocycles. The molecule has 0 fully saturated rings. The second-order valence-electron chi connectivity index (χ2n) is 2.05. The van der Waals surface area contributed by atoms with Crippen LogP contribution >= 0.6 is 0 Å². The van der Waals surface area contributed by atoms with Gasteiger partial charge in [-0.1, -0.05) is 5.92 Å². The molecular formula is C6H6F3NO2. The average Bonchev–Trinajstić information content (AvgIpc) is 1.85. The molecule has 6 heteroatoms. The van der Waals surface area contributed by atoms with Crippen LogP contribution in [-0.4, -0.2) is 23.3 Å². The van der Waals surface area contributed by atoms with E-state index in [0.717, 1.165) is 0 Å². The van der Waals surface area contributed by atoms with Crippen LogP contribution in [0.4, 0.5) is 13.2 Å². The molecule has 0 radical (unpaired) electrons. The maximum absolute atomic E-state index is 11.8. The first-order valence-corrected chi connectivity index (χ1v) is 2.82. The Balaban J connectivity index is 4.60. The van der Waals surface area contributed by atoms with Crippen molar-refractivity contribution >= 4 is 5.97 Å². The number of aliphatic carboxylic acids is 1. The van der Waals surface area contributed by atoms with E-state index in [0.29, 0.717) is 0 Å². The Morgan fingerprint density at radius 3 is 2.08 bits per heavy atom. The molecule has 0 bridgehead atoms. The molecule has 0 aromatic rings. The van der Waals surface area contributed by atoms with Crippen molar-refractivity contribution in [2.45, 2.75) is 12.2 Å². The predicted octanol–water partition coefficient (Wildman–Crippen LogP) is 0.210. The molecule has 12 heavy (non-hydrogen) atoms. The Morgan fingerprint density at radius 2 is 2.00 bits per heavy atom. The first-order valence-electron chi connectivity index (χ1n) is 2.82. The van der Waals surface area contributed by atoms with Crippen molar-refractivity contribution in [1.29, 1.82) is 0 Å². The van der Waals surface area contributed by atoms with Gasteiger partial charge in [0.05, 0.1) is 0 Å². The van der Waals surface area contributed by atoms with E-state index in [-0.39, 0.29) is 0 Å². The summed E-state index contributed by atoms with van der Waals surface area (Å²) in [6.07, 6.45) is -0.287. The number of alkyl halides is 3. The van der Waals surface area contributed by atoms with Crippen molar-refractivity contribution in [3.63, 3.8) is 0 Å². The van der Waals surface area contributed by atoms with Crippen LogP contribution in [-0.2, 0) is 4.79 Å². The minimum atomic E-state index is -4.77. The van der Waals surface area contributed by atoms with Gasteiger partial charge in [0.1, 0.15) is 12.0 Å². The maximum Gasteiger partial charge on any atom is 0.404 e. The van der Waals surface area contributed by atoms with Crippen LogP contribution in [0, 0.1) is 18.3 Å². The Kier molecular flexibility index (Phi) is 3.10. The third-order valence-electron chi connectivity index (χ3n) is 1.18. The second kappa shape index (κ2) is 3.45. The van der Waals surface area contributed by atoms with Gasteiger partial charge in [-0.3, -0.25) is 4.79 Å². The molecule has 0 amide bonds. The van der Waals surface area contributed by atoms with Crippen molar-refractivity contribution in [3.8, 4) is 12.3 Å². The molecule has 68 valence electrons. The largest absolute Gasteiger partial charge is 0.480 e. The van der Waals surface area contributed by atoms with Crippen LogP contribution in [0.25, 0.3) is 0 Å². The molecular weight excluding hydrogens is 175 g/mol. The highest BCUT2D eigenvalue weighted by Crippen LogP contribution is 2.27. The van der Waals surface area contributed by atoms with Gasteiger partial charge in [-0.05, 0) is 0 Å². The number of nitrogens with two attached hydrogens (primary N) is 1. The highest BCUT2D eigenvalue weighted by Gasteiger charge is 2.45. The molecule has 3 nitrogen and oxygen atoms in total. The molecule has 0 aliphatic heterocycles. The second-order valence-corrected chi connectivity index (χ2v) is 2.05. The number of hydrogen-bond donors (Lipinski definition) is 2. The lowest BCUT2D eigenvalue weighted by molar-refractivity contribution is -0.173. The maximum atomic E-state index is 11.8. The fourth-order valence-electron chi connectivity index (χ4n) is 0.544. The zero-order valence-electron chi connectivity index (χ0n) is 5.80. The summed E-state index contributed by atoms with van der Waals surface area (Å²) < 4.78 is 35.5. The molecule has 0 aliphatic carbocycles. The molecule has 0 aromatic heterocycles. The summed E-state index contributed by atoms with van der Waals surface area (Å²) in [4.78, 5) is 10.0. The van der Waals surface area contributed by atoms with Gasteiger partial charge in [0.25, 0.3) is 0 Å². The standard InChI is InChI=1S/C6H6F3NO2/c1-2-3(6(7,8)9)4(10)5(11)12/h1,3-4H,10H2,(H,11,12)/t3-,4-/m0/s1. The molecule has 0 aliphatic rings. The molecule has 0 heterocycles. The summed E-state index contributed by atoms with van der Waals surface area (Å²) >= 11 is 0. The van der Waals surface area contributed by atoms with Crippen molar-refractivity contribution < 1.29 is 23.1 Å². The number of rotatable bonds is 2. The van der Waals surface area contributed by atoms with Crippen LogP contribution in [0.15, 0.2) is 0 Å². The number of carbonyl (C=O) groups is 1. The lowest BCUT2D eigenvalue weighted by Crippen LogP contribution is -2.44. The summed E-state index contributed by atoms with van der Waals surface area (Å²) in [6.45, 7) is 0. The first kappa shape index (κ1) is 10.8. The van der Waals surface area contributed by atoms with E-state index in [1.165, 1.54) is 5.92 Å². The fourth-order valence-corrected chi connectivity index (χ4v) is 0.544. The minimum Gasteiger partial charge on any atom is -0.480 e. The number of terminal acetylenes is 1. The molecule has 0 saturated carbocycles. The normalized spacial score (nSPS) is 16.2. The van der Waals surface area contributed by atoms with Gasteiger partial charge in [0.2, 0.25) is 0 Å². The molecule has 0 unspecified atom stereocenters. The van der Waals surface area contributed by atoms with Crippen molar-refractivity contribution in [1.82, 2.24) is 0 Å². The van der Waals surface area contributed by atoms with E-state index in [1.807, 2.05) is 0 Å². The van der Waals surface area contributed by atoms with Gasteiger partial charge in [-0.2, -0.15) is 13.2 Å². The van der Waals surface area contributed by atoms with Crippen LogP contribution < -0.4 is 5.73 Å². The smallest absolute Gasteiger partial charge is 0.404 e. The topological polar surface area (TPSA) is 63.3 Å². The van der Waals surface area contributed by atoms with Crippen LogP contribution in [0.1, 0.15) is 0 Å². The quantitative estimate of drug-likeness (QED) is 0.598. The van der Waals surface area contributed by atoms with Crippen molar-refractivity contribution in [2.75, 3.05) is 0 Å². The van der Waals surface area contributed by atoms with Gasteiger partial charge in [0, 0.05) is 0 Å². The Bertz CT molecular complexity index is 218.